The SMILES string of the molecule is C/C=C\C=C/c1c(C)c(-c2ccc(-n3c(-c4ccccc4)nc(-c4ccc(C5C=CC=C(/C=C\CCC)C5)cc4)c3-c3ccc(-c4cccc5ccccc45)cc3)cc2)c2ccccc2c1-c1ccc2c(c1)C=CCC2. The van der Waals surface area contributed by atoms with Crippen molar-refractivity contribution in [2.45, 2.75) is 58.8 Å². The fourth-order valence-electron chi connectivity index (χ4n) is 11.7. The molecular formula is C74H62N2. The van der Waals surface area contributed by atoms with Crippen LogP contribution in [0.1, 0.15) is 73.3 Å². The maximum atomic E-state index is 5.68. The molecule has 1 heterocycles. The van der Waals surface area contributed by atoms with Crippen molar-refractivity contribution in [3.8, 4) is 73.0 Å². The molecule has 0 spiro atoms. The van der Waals surface area contributed by atoms with E-state index in [0.717, 1.165) is 71.7 Å². The van der Waals surface area contributed by atoms with Crippen LogP contribution in [0.3, 0.4) is 0 Å². The van der Waals surface area contributed by atoms with Crippen LogP contribution in [0.5, 0.6) is 0 Å². The molecule has 0 N–H and O–H groups in total. The summed E-state index contributed by atoms with van der Waals surface area (Å²) in [7, 11) is 0. The average Bonchev–Trinajstić information content (AvgIpc) is 3.99. The van der Waals surface area contributed by atoms with Crippen molar-refractivity contribution in [3.63, 3.8) is 0 Å². The van der Waals surface area contributed by atoms with Crippen molar-refractivity contribution >= 4 is 33.7 Å². The summed E-state index contributed by atoms with van der Waals surface area (Å²) >= 11 is 0. The lowest BCUT2D eigenvalue weighted by Crippen LogP contribution is -2.01. The molecule has 0 aliphatic heterocycles. The number of imidazole rings is 1. The lowest BCUT2D eigenvalue weighted by molar-refractivity contribution is 0.827. The van der Waals surface area contributed by atoms with Gasteiger partial charge < -0.3 is 0 Å². The summed E-state index contributed by atoms with van der Waals surface area (Å²) in [5, 5.41) is 4.98. The number of aromatic nitrogens is 2. The Balaban J connectivity index is 1.01. The Hall–Kier alpha value is -8.85. The lowest BCUT2D eigenvalue weighted by Gasteiger charge is -2.21. The zero-order chi connectivity index (χ0) is 51.4. The van der Waals surface area contributed by atoms with Crippen LogP contribution in [0.2, 0.25) is 0 Å². The predicted molar refractivity (Wildman–Crippen MR) is 326 cm³/mol. The second-order valence-corrected chi connectivity index (χ2v) is 20.3. The highest BCUT2D eigenvalue weighted by Gasteiger charge is 2.25. The maximum absolute atomic E-state index is 5.68. The number of allylic oxidation sites excluding steroid dienone is 10. The third-order valence-corrected chi connectivity index (χ3v) is 15.5. The van der Waals surface area contributed by atoms with Crippen LogP contribution in [0.15, 0.2) is 248 Å². The van der Waals surface area contributed by atoms with Gasteiger partial charge in [0.2, 0.25) is 0 Å². The van der Waals surface area contributed by atoms with E-state index in [2.05, 4.69) is 280 Å². The molecule has 0 fully saturated rings. The molecule has 9 aromatic carbocycles. The summed E-state index contributed by atoms with van der Waals surface area (Å²) in [6.45, 7) is 6.61. The van der Waals surface area contributed by atoms with E-state index in [-0.39, 0.29) is 0 Å². The van der Waals surface area contributed by atoms with Gasteiger partial charge in [-0.15, -0.1) is 0 Å². The van der Waals surface area contributed by atoms with E-state index in [1.54, 1.807) is 0 Å². The van der Waals surface area contributed by atoms with Crippen LogP contribution >= 0.6 is 0 Å². The summed E-state index contributed by atoms with van der Waals surface area (Å²) in [5.74, 6) is 1.21. The van der Waals surface area contributed by atoms with Crippen molar-refractivity contribution in [2.24, 2.45) is 0 Å². The molecule has 10 aromatic rings. The van der Waals surface area contributed by atoms with Gasteiger partial charge in [0, 0.05) is 28.3 Å². The number of benzene rings is 9. The predicted octanol–water partition coefficient (Wildman–Crippen LogP) is 20.4. The largest absolute Gasteiger partial charge is 0.292 e. The van der Waals surface area contributed by atoms with E-state index in [1.165, 1.54) is 88.3 Å². The van der Waals surface area contributed by atoms with Gasteiger partial charge in [0.05, 0.1) is 11.4 Å². The molecule has 12 rings (SSSR count). The van der Waals surface area contributed by atoms with E-state index >= 15 is 0 Å². The molecule has 2 aliphatic rings. The van der Waals surface area contributed by atoms with E-state index in [0.29, 0.717) is 5.92 Å². The quantitative estimate of drug-likeness (QED) is 0.105. The number of hydrogen-bond donors (Lipinski definition) is 0. The van der Waals surface area contributed by atoms with E-state index in [9.17, 15) is 0 Å². The Bertz CT molecular complexity index is 3940. The first-order valence-electron chi connectivity index (χ1n) is 27.2. The molecule has 0 saturated heterocycles. The van der Waals surface area contributed by atoms with Crippen LogP contribution in [0.25, 0.3) is 107 Å². The minimum absolute atomic E-state index is 0.315. The van der Waals surface area contributed by atoms with Crippen LogP contribution in [0, 0.1) is 6.92 Å². The summed E-state index contributed by atoms with van der Waals surface area (Å²) in [4.78, 5) is 5.68. The molecule has 0 bridgehead atoms. The van der Waals surface area contributed by atoms with Gasteiger partial charge >= 0.3 is 0 Å². The third-order valence-electron chi connectivity index (χ3n) is 15.5. The van der Waals surface area contributed by atoms with Crippen LogP contribution in [0.4, 0.5) is 0 Å². The second kappa shape index (κ2) is 21.5. The molecule has 2 aliphatic carbocycles. The Labute approximate surface area is 448 Å². The van der Waals surface area contributed by atoms with Crippen LogP contribution < -0.4 is 0 Å². The molecule has 76 heavy (non-hydrogen) atoms. The molecular weight excluding hydrogens is 917 g/mol. The number of aryl methyl sites for hydroxylation is 1. The van der Waals surface area contributed by atoms with Crippen molar-refractivity contribution in [1.82, 2.24) is 9.55 Å². The second-order valence-electron chi connectivity index (χ2n) is 20.3. The van der Waals surface area contributed by atoms with Gasteiger partial charge in [-0.1, -0.05) is 250 Å². The van der Waals surface area contributed by atoms with Crippen molar-refractivity contribution in [1.29, 1.82) is 0 Å². The molecule has 368 valence electrons. The lowest BCUT2D eigenvalue weighted by atomic mass is 9.83. The molecule has 0 amide bonds. The van der Waals surface area contributed by atoms with Crippen molar-refractivity contribution in [3.05, 3.63) is 276 Å². The Morgan fingerprint density at radius 1 is 0.618 bits per heavy atom. The Morgan fingerprint density at radius 3 is 2.11 bits per heavy atom. The molecule has 0 saturated carbocycles. The molecule has 1 atom stereocenters. The summed E-state index contributed by atoms with van der Waals surface area (Å²) in [6, 6.07) is 69.6. The Morgan fingerprint density at radius 2 is 1.32 bits per heavy atom. The fraction of sp³-hybridized carbons (Fsp3) is 0.122. The van der Waals surface area contributed by atoms with Gasteiger partial charge in [-0.25, -0.2) is 4.98 Å². The van der Waals surface area contributed by atoms with Gasteiger partial charge in [0.15, 0.2) is 0 Å². The van der Waals surface area contributed by atoms with Gasteiger partial charge in [-0.05, 0) is 146 Å². The molecule has 2 nitrogen and oxygen atoms in total. The molecule has 2 heteroatoms. The zero-order valence-corrected chi connectivity index (χ0v) is 43.8. The third kappa shape index (κ3) is 9.37. The number of unbranched alkanes of at least 4 members (excludes halogenated alkanes) is 1. The monoisotopic (exact) mass is 978 g/mol. The normalized spacial score (nSPS) is 14.4. The minimum atomic E-state index is 0.315. The van der Waals surface area contributed by atoms with Gasteiger partial charge in [0.1, 0.15) is 5.82 Å². The van der Waals surface area contributed by atoms with E-state index in [4.69, 9.17) is 4.98 Å². The first-order chi connectivity index (χ1) is 37.5. The molecule has 1 unspecified atom stereocenters. The standard InChI is InChI=1S/C74H62N2/c1-4-6-9-21-52-22-19-29-61(49-52)54-35-40-58(41-36-54)72-73(59-42-38-56(39-43-59)67-34-20-28-55-24-15-16-31-66(55)67)76(74(75-72)60-25-11-8-12-26-60)64-47-45-57(46-48-64)70-51(3)65(30-10-7-5-2)71(69-33-18-17-32-68(69)70)63-44-37-53-23-13-14-27-62(53)50-63/h5,7-12,14-22,24-48,50,61H,4,6,13,23,49H2,1-3H3/b7-5-,21-9-,30-10-. The first-order valence-corrected chi connectivity index (χ1v) is 27.2. The molecule has 1 aromatic heterocycles. The van der Waals surface area contributed by atoms with Crippen LogP contribution in [-0.4, -0.2) is 9.55 Å². The Kier molecular flexibility index (Phi) is 13.6. The van der Waals surface area contributed by atoms with Crippen LogP contribution in [-0.2, 0) is 6.42 Å². The van der Waals surface area contributed by atoms with Crippen molar-refractivity contribution in [2.75, 3.05) is 0 Å². The maximum Gasteiger partial charge on any atom is 0.145 e. The summed E-state index contributed by atoms with van der Waals surface area (Å²) in [6.07, 6.45) is 30.2. The van der Waals surface area contributed by atoms with Gasteiger partial charge in [0.25, 0.3) is 0 Å². The number of rotatable bonds is 13. The first kappa shape index (κ1) is 48.1. The van der Waals surface area contributed by atoms with Crippen molar-refractivity contribution < 1.29 is 0 Å². The van der Waals surface area contributed by atoms with Gasteiger partial charge in [-0.3, -0.25) is 4.57 Å². The minimum Gasteiger partial charge on any atom is -0.292 e. The topological polar surface area (TPSA) is 17.8 Å². The number of nitrogens with zero attached hydrogens (tertiary/aromatic N) is 2. The van der Waals surface area contributed by atoms with Gasteiger partial charge in [-0.2, -0.15) is 0 Å². The number of hydrogen-bond acceptors (Lipinski definition) is 1. The summed E-state index contributed by atoms with van der Waals surface area (Å²) in [5.41, 5.74) is 21.5. The highest BCUT2D eigenvalue weighted by Crippen LogP contribution is 2.45. The van der Waals surface area contributed by atoms with E-state index in [1.807, 2.05) is 0 Å². The smallest absolute Gasteiger partial charge is 0.145 e. The fourth-order valence-corrected chi connectivity index (χ4v) is 11.7. The zero-order valence-electron chi connectivity index (χ0n) is 43.8. The van der Waals surface area contributed by atoms with E-state index < -0.39 is 0 Å². The average molecular weight is 979 g/mol. The highest BCUT2D eigenvalue weighted by atomic mass is 15.1. The highest BCUT2D eigenvalue weighted by molar-refractivity contribution is 6.10. The number of fused-ring (bicyclic) bond motifs is 3. The molecule has 0 radical (unpaired) electrons. The summed E-state index contributed by atoms with van der Waals surface area (Å²) < 4.78 is 2.39.